The summed E-state index contributed by atoms with van der Waals surface area (Å²) in [5, 5.41) is 0. The van der Waals surface area contributed by atoms with Crippen LogP contribution in [-0.2, 0) is 15.8 Å². The third kappa shape index (κ3) is 1.99. The first-order chi connectivity index (χ1) is 5.08. The summed E-state index contributed by atoms with van der Waals surface area (Å²) in [6, 6.07) is 0. The van der Waals surface area contributed by atoms with Crippen molar-refractivity contribution in [3.63, 3.8) is 0 Å². The average Bonchev–Trinajstić information content (AvgIpc) is 1.82. The molecular formula is C6H12NO3S-. The fourth-order valence-corrected chi connectivity index (χ4v) is 2.16. The van der Waals surface area contributed by atoms with Crippen LogP contribution in [0, 0.1) is 0 Å². The molecule has 0 saturated carbocycles. The number of ether oxygens (including phenoxy) is 1. The van der Waals surface area contributed by atoms with Crippen molar-refractivity contribution in [1.82, 2.24) is 4.90 Å². The Labute approximate surface area is 68.8 Å². The Morgan fingerprint density at radius 1 is 1.73 bits per heavy atom. The molecule has 1 fully saturated rings. The van der Waals surface area contributed by atoms with E-state index in [0.717, 1.165) is 0 Å². The number of likely N-dealkylation sites (N-methyl/N-ethyl adjacent to an activating group) is 1. The maximum absolute atomic E-state index is 10.4. The minimum Gasteiger partial charge on any atom is -0.772 e. The highest BCUT2D eigenvalue weighted by molar-refractivity contribution is 7.79. The van der Waals surface area contributed by atoms with Crippen molar-refractivity contribution in [1.29, 1.82) is 0 Å². The summed E-state index contributed by atoms with van der Waals surface area (Å²) < 4.78 is 25.9. The summed E-state index contributed by atoms with van der Waals surface area (Å²) in [6.07, 6.45) is 0. The molecule has 11 heavy (non-hydrogen) atoms. The molecule has 1 rings (SSSR count). The quantitative estimate of drug-likeness (QED) is 0.531. The van der Waals surface area contributed by atoms with Crippen LogP contribution >= 0.6 is 0 Å². The van der Waals surface area contributed by atoms with Crippen molar-refractivity contribution < 1.29 is 13.5 Å². The van der Waals surface area contributed by atoms with Crippen molar-refractivity contribution >= 4 is 11.1 Å². The van der Waals surface area contributed by atoms with Crippen LogP contribution in [0.3, 0.4) is 0 Å². The van der Waals surface area contributed by atoms with E-state index in [1.54, 1.807) is 7.11 Å². The zero-order chi connectivity index (χ0) is 8.48. The lowest BCUT2D eigenvalue weighted by atomic mass is 9.97. The van der Waals surface area contributed by atoms with Crippen molar-refractivity contribution in [3.05, 3.63) is 0 Å². The predicted molar refractivity (Wildman–Crippen MR) is 41.0 cm³/mol. The van der Waals surface area contributed by atoms with E-state index in [1.165, 1.54) is 0 Å². The van der Waals surface area contributed by atoms with E-state index in [9.17, 15) is 8.76 Å². The minimum absolute atomic E-state index is 0.105. The van der Waals surface area contributed by atoms with E-state index in [0.29, 0.717) is 13.1 Å². The first-order valence-electron chi connectivity index (χ1n) is 3.37. The monoisotopic (exact) mass is 178 g/mol. The molecule has 0 spiro atoms. The Kier molecular flexibility index (Phi) is 2.64. The molecule has 0 aromatic heterocycles. The summed E-state index contributed by atoms with van der Waals surface area (Å²) in [7, 11) is 3.49. The first-order valence-corrected chi connectivity index (χ1v) is 4.62. The SMILES string of the molecule is COC1(CS(=O)[O-])CN(C)C1. The van der Waals surface area contributed by atoms with Gasteiger partial charge in [0, 0.05) is 26.0 Å². The number of likely N-dealkylation sites (tertiary alicyclic amines) is 1. The zero-order valence-electron chi connectivity index (χ0n) is 6.70. The van der Waals surface area contributed by atoms with E-state index < -0.39 is 16.7 Å². The van der Waals surface area contributed by atoms with Crippen LogP contribution in [-0.4, -0.2) is 52.3 Å². The highest BCUT2D eigenvalue weighted by Crippen LogP contribution is 2.23. The third-order valence-corrected chi connectivity index (χ3v) is 2.69. The van der Waals surface area contributed by atoms with Crippen molar-refractivity contribution in [3.8, 4) is 0 Å². The van der Waals surface area contributed by atoms with Gasteiger partial charge in [-0.05, 0) is 7.05 Å². The van der Waals surface area contributed by atoms with E-state index in [-0.39, 0.29) is 5.75 Å². The smallest absolute Gasteiger partial charge is 0.103 e. The molecule has 0 bridgehead atoms. The molecule has 66 valence electrons. The molecule has 4 nitrogen and oxygen atoms in total. The van der Waals surface area contributed by atoms with Crippen LogP contribution in [0.4, 0.5) is 0 Å². The number of methoxy groups -OCH3 is 1. The van der Waals surface area contributed by atoms with Gasteiger partial charge in [-0.3, -0.25) is 4.21 Å². The lowest BCUT2D eigenvalue weighted by Crippen LogP contribution is -2.63. The van der Waals surface area contributed by atoms with Gasteiger partial charge >= 0.3 is 0 Å². The van der Waals surface area contributed by atoms with Crippen LogP contribution < -0.4 is 0 Å². The number of nitrogens with zero attached hydrogens (tertiary/aromatic N) is 1. The Morgan fingerprint density at radius 2 is 2.27 bits per heavy atom. The molecule has 0 aliphatic carbocycles. The van der Waals surface area contributed by atoms with Gasteiger partial charge in [-0.25, -0.2) is 0 Å². The zero-order valence-corrected chi connectivity index (χ0v) is 7.52. The second kappa shape index (κ2) is 3.18. The fourth-order valence-electron chi connectivity index (χ4n) is 1.43. The topological polar surface area (TPSA) is 52.6 Å². The number of rotatable bonds is 3. The van der Waals surface area contributed by atoms with Crippen LogP contribution in [0.1, 0.15) is 0 Å². The summed E-state index contributed by atoms with van der Waals surface area (Å²) in [5.41, 5.74) is -0.429. The molecule has 1 atom stereocenters. The molecule has 0 N–H and O–H groups in total. The molecule has 1 aliphatic rings. The van der Waals surface area contributed by atoms with E-state index in [4.69, 9.17) is 4.74 Å². The summed E-state index contributed by atoms with van der Waals surface area (Å²) in [4.78, 5) is 2.02. The van der Waals surface area contributed by atoms with Crippen molar-refractivity contribution in [2.45, 2.75) is 5.60 Å². The molecule has 1 unspecified atom stereocenters. The molecule has 1 heterocycles. The van der Waals surface area contributed by atoms with Crippen LogP contribution in [0.25, 0.3) is 0 Å². The third-order valence-electron chi connectivity index (χ3n) is 1.93. The normalized spacial score (nSPS) is 26.1. The van der Waals surface area contributed by atoms with Crippen LogP contribution in [0.5, 0.6) is 0 Å². The molecule has 1 saturated heterocycles. The summed E-state index contributed by atoms with van der Waals surface area (Å²) >= 11 is -2.00. The summed E-state index contributed by atoms with van der Waals surface area (Å²) in [6.45, 7) is 1.41. The largest absolute Gasteiger partial charge is 0.772 e. The second-order valence-corrected chi connectivity index (χ2v) is 3.90. The van der Waals surface area contributed by atoms with Gasteiger partial charge in [-0.2, -0.15) is 0 Å². The molecule has 0 aromatic carbocycles. The Balaban J connectivity index is 2.44. The highest BCUT2D eigenvalue weighted by atomic mass is 32.2. The Bertz CT molecular complexity index is 167. The molecule has 0 aromatic rings. The molecule has 0 amide bonds. The highest BCUT2D eigenvalue weighted by Gasteiger charge is 2.41. The Hall–Kier alpha value is 0.0300. The fraction of sp³-hybridized carbons (Fsp3) is 1.00. The lowest BCUT2D eigenvalue weighted by Gasteiger charge is -2.47. The maximum Gasteiger partial charge on any atom is 0.103 e. The van der Waals surface area contributed by atoms with Gasteiger partial charge in [-0.1, -0.05) is 11.1 Å². The number of hydrogen-bond acceptors (Lipinski definition) is 4. The van der Waals surface area contributed by atoms with Gasteiger partial charge in [0.2, 0.25) is 0 Å². The average molecular weight is 178 g/mol. The van der Waals surface area contributed by atoms with Gasteiger partial charge in [0.15, 0.2) is 0 Å². The van der Waals surface area contributed by atoms with Gasteiger partial charge in [0.25, 0.3) is 0 Å². The number of hydrogen-bond donors (Lipinski definition) is 0. The maximum atomic E-state index is 10.4. The van der Waals surface area contributed by atoms with Gasteiger partial charge in [0.05, 0.1) is 0 Å². The summed E-state index contributed by atoms with van der Waals surface area (Å²) in [5.74, 6) is 0.105. The standard InChI is InChI=1S/C6H13NO3S/c1-7-3-6(4-7,10-2)5-11(8)9/h3-5H2,1-2H3,(H,8,9)/p-1. The molecule has 1 aliphatic heterocycles. The van der Waals surface area contributed by atoms with Crippen molar-refractivity contribution in [2.24, 2.45) is 0 Å². The molecule has 5 heteroatoms. The van der Waals surface area contributed by atoms with E-state index >= 15 is 0 Å². The van der Waals surface area contributed by atoms with Crippen LogP contribution in [0.15, 0.2) is 0 Å². The first kappa shape index (κ1) is 9.12. The predicted octanol–water partition coefficient (Wildman–Crippen LogP) is -0.804. The molecule has 0 radical (unpaired) electrons. The second-order valence-electron chi connectivity index (χ2n) is 3.01. The van der Waals surface area contributed by atoms with E-state index in [1.807, 2.05) is 11.9 Å². The van der Waals surface area contributed by atoms with Gasteiger partial charge in [0.1, 0.15) is 5.60 Å². The van der Waals surface area contributed by atoms with E-state index in [2.05, 4.69) is 0 Å². The molecular weight excluding hydrogens is 166 g/mol. The minimum atomic E-state index is -2.00. The lowest BCUT2D eigenvalue weighted by molar-refractivity contribution is -0.0975. The van der Waals surface area contributed by atoms with Gasteiger partial charge < -0.3 is 14.2 Å². The van der Waals surface area contributed by atoms with Crippen LogP contribution in [0.2, 0.25) is 0 Å². The van der Waals surface area contributed by atoms with Gasteiger partial charge in [-0.15, -0.1) is 0 Å². The Morgan fingerprint density at radius 3 is 2.55 bits per heavy atom. The van der Waals surface area contributed by atoms with Crippen molar-refractivity contribution in [2.75, 3.05) is 33.0 Å².